The maximum atomic E-state index is 16.0. The van der Waals surface area contributed by atoms with Gasteiger partial charge in [0.2, 0.25) is 35.4 Å². The number of aliphatic hydroxyl groups is 9. The van der Waals surface area contributed by atoms with E-state index >= 15 is 14.4 Å². The Balaban J connectivity index is 1.14. The lowest BCUT2D eigenvalue weighted by Crippen LogP contribution is -2.72. The van der Waals surface area contributed by atoms with Gasteiger partial charge in [0.15, 0.2) is 12.3 Å². The lowest BCUT2D eigenvalue weighted by atomic mass is 9.79. The zero-order valence-electron chi connectivity index (χ0n) is 54.7. The number of phenolic OH excluding ortho intramolecular Hbond substituents is 2. The largest absolute Gasteiger partial charge is 0.512 e. The quantitative estimate of drug-likeness (QED) is 0.0640. The SMILES string of the molecule is C=CCOc1cccc(CNC2(C)C(O)C(CO)OC(OC3C(c4c5cc6cc4Oc4ccc(cc4Cl)C(O)C4NC(=O)C(NC(=O)C6NC(=O)C(CC(N)=O)NC(=O)C(N)C(O)c6ccc(c(Cl)c6)O5)C5=CC=C(O)C(C5)c5c(O)cc(O)cc5C(C(=O)O)NC4=O)OC(CO)C(O)C3O)C2O)c1. The first-order chi connectivity index (χ1) is 49.4. The van der Waals surface area contributed by atoms with Crippen LogP contribution in [-0.4, -0.2) is 201 Å². The van der Waals surface area contributed by atoms with Crippen LogP contribution >= 0.6 is 23.2 Å². The summed E-state index contributed by atoms with van der Waals surface area (Å²) in [6.07, 6.45) is -19.8. The minimum atomic E-state index is -2.34. The van der Waals surface area contributed by atoms with Crippen LogP contribution < -0.4 is 57.6 Å². The number of carbonyl (C=O) groups excluding carboxylic acids is 6. The molecule has 0 aromatic heterocycles. The van der Waals surface area contributed by atoms with Crippen LogP contribution in [-0.2, 0) is 54.3 Å². The normalized spacial score (nSPS) is 30.8. The van der Waals surface area contributed by atoms with Crippen LogP contribution in [0.5, 0.6) is 40.2 Å². The van der Waals surface area contributed by atoms with E-state index < -0.39 is 244 Å². The van der Waals surface area contributed by atoms with Crippen molar-refractivity contribution in [3.63, 3.8) is 0 Å². The van der Waals surface area contributed by atoms with E-state index in [1.807, 2.05) is 0 Å². The number of phenols is 2. The molecule has 35 heteroatoms. The lowest BCUT2D eigenvalue weighted by Gasteiger charge is -2.51. The number of aromatic hydroxyl groups is 2. The number of aliphatic hydroxyl groups excluding tert-OH is 9. The number of hydrogen-bond acceptors (Lipinski definition) is 26. The smallest absolute Gasteiger partial charge is 0.330 e. The van der Waals surface area contributed by atoms with Crippen molar-refractivity contribution in [2.75, 3.05) is 19.8 Å². The molecule has 13 rings (SSSR count). The molecule has 6 amide bonds. The van der Waals surface area contributed by atoms with E-state index in [1.165, 1.54) is 25.1 Å². The predicted molar refractivity (Wildman–Crippen MR) is 359 cm³/mol. The summed E-state index contributed by atoms with van der Waals surface area (Å²) in [7, 11) is 0. The zero-order chi connectivity index (χ0) is 75.1. The molecular weight excluding hydrogens is 1410 g/mol. The van der Waals surface area contributed by atoms with Gasteiger partial charge in [-0.15, -0.1) is 0 Å². The Hall–Kier alpha value is -9.53. The van der Waals surface area contributed by atoms with Gasteiger partial charge in [-0.25, -0.2) is 4.79 Å². The molecule has 11 bridgehead atoms. The van der Waals surface area contributed by atoms with Crippen molar-refractivity contribution in [3.8, 4) is 40.2 Å². The summed E-state index contributed by atoms with van der Waals surface area (Å²) in [6, 6.07) is 4.29. The Morgan fingerprint density at radius 2 is 1.35 bits per heavy atom. The number of primary amides is 1. The molecule has 0 saturated carbocycles. The topological polar surface area (TPSA) is 542 Å². The minimum absolute atomic E-state index is 0.0781. The number of ether oxygens (including phenoxy) is 6. The van der Waals surface area contributed by atoms with Crippen LogP contribution in [0.15, 0.2) is 121 Å². The minimum Gasteiger partial charge on any atom is -0.512 e. The molecule has 7 aliphatic heterocycles. The van der Waals surface area contributed by atoms with Gasteiger partial charge in [0.1, 0.15) is 144 Å². The second-order valence-corrected chi connectivity index (χ2v) is 26.5. The van der Waals surface area contributed by atoms with E-state index in [2.05, 4.69) is 38.5 Å². The second-order valence-electron chi connectivity index (χ2n) is 25.7. The molecule has 1 aliphatic carbocycles. The highest BCUT2D eigenvalue weighted by Crippen LogP contribution is 2.51. The van der Waals surface area contributed by atoms with E-state index in [-0.39, 0.29) is 40.6 Å². The number of allylic oxidation sites excluding steroid dienone is 3. The van der Waals surface area contributed by atoms with Crippen molar-refractivity contribution in [1.82, 2.24) is 31.9 Å². The first-order valence-corrected chi connectivity index (χ1v) is 33.1. The lowest BCUT2D eigenvalue weighted by molar-refractivity contribution is -0.341. The molecular formula is C69H74Cl2N8O25. The van der Waals surface area contributed by atoms with Gasteiger partial charge in [-0.3, -0.25) is 28.8 Å². The molecule has 5 aromatic rings. The average Bonchev–Trinajstić information content (AvgIpc) is 0.751. The second kappa shape index (κ2) is 31.0. The van der Waals surface area contributed by atoms with Crippen molar-refractivity contribution in [2.24, 2.45) is 11.5 Å². The zero-order valence-corrected chi connectivity index (χ0v) is 56.3. The standard InChI is InChI=1S/C69H74Cl2N8O25/c1-3-13-99-32-6-4-5-26(14-32)23-74-69(2)60(90)45(25-81)103-68(61(69)91)104-59-57(89)56(88)44(24-80)102-58(59)48-42-18-30-19-43(48)101-41-12-9-29(17-36(41)71)55(87)53-66(96)78-52(67(97)98)34-20-31(82)21-39(84)47(34)33-15-27(7-10-38(33)83)50(64(94)79-53)77-65(95)51(30)76-62(92)37(22-46(72)85)75-63(93)49(73)54(86)28-8-11-40(100-42)35(70)16-28/h3-12,14,16-21,33,37,44-45,49-61,68,74,80-84,86-91H,1,13,15,22-25,73H2,2H3,(H2,72,85)(H,75,93)(H,76,92)(H,77,95)(H,78,96)(H,79,94)(H,97,98). The van der Waals surface area contributed by atoms with Crippen LogP contribution in [0.4, 0.5) is 0 Å². The number of fused-ring (bicyclic) bond motifs is 15. The number of hydrogen-bond donors (Lipinski definition) is 20. The van der Waals surface area contributed by atoms with Crippen LogP contribution in [0.1, 0.15) is 95.0 Å². The summed E-state index contributed by atoms with van der Waals surface area (Å²) >= 11 is 14.1. The van der Waals surface area contributed by atoms with Crippen LogP contribution in [0.25, 0.3) is 0 Å². The molecule has 554 valence electrons. The Labute approximate surface area is 600 Å². The highest BCUT2D eigenvalue weighted by Gasteiger charge is 2.57. The number of nitrogens with one attached hydrogen (secondary N) is 6. The van der Waals surface area contributed by atoms with Gasteiger partial charge in [-0.2, -0.15) is 0 Å². The number of rotatable bonds is 14. The van der Waals surface area contributed by atoms with Gasteiger partial charge < -0.3 is 133 Å². The molecule has 22 N–H and O–H groups in total. The van der Waals surface area contributed by atoms with Crippen molar-refractivity contribution in [1.29, 1.82) is 0 Å². The average molecular weight is 1490 g/mol. The highest BCUT2D eigenvalue weighted by molar-refractivity contribution is 6.32. The third kappa shape index (κ3) is 15.2. The molecule has 19 atom stereocenters. The Morgan fingerprint density at radius 3 is 1.97 bits per heavy atom. The molecule has 8 aliphatic rings. The first-order valence-electron chi connectivity index (χ1n) is 32.3. The Bertz CT molecular complexity index is 4280. The predicted octanol–water partition coefficient (Wildman–Crippen LogP) is -0.200. The third-order valence-corrected chi connectivity index (χ3v) is 19.5. The molecule has 33 nitrogen and oxygen atoms in total. The number of carboxylic acid groups (broad SMARTS) is 1. The van der Waals surface area contributed by atoms with Gasteiger partial charge in [0, 0.05) is 24.1 Å². The van der Waals surface area contributed by atoms with Crippen LogP contribution in [0, 0.1) is 0 Å². The number of amides is 6. The number of carbonyl (C=O) groups is 7. The first kappa shape index (κ1) is 75.6. The molecule has 2 fully saturated rings. The fraction of sp³-hybridized carbons (Fsp3) is 0.377. The van der Waals surface area contributed by atoms with E-state index in [9.17, 15) is 80.5 Å². The third-order valence-electron chi connectivity index (χ3n) is 18.9. The summed E-state index contributed by atoms with van der Waals surface area (Å²) in [5.41, 5.74) is 8.14. The van der Waals surface area contributed by atoms with E-state index in [0.29, 0.717) is 11.3 Å². The fourth-order valence-corrected chi connectivity index (χ4v) is 13.7. The summed E-state index contributed by atoms with van der Waals surface area (Å²) in [5.74, 6) is -15.2. The van der Waals surface area contributed by atoms with Gasteiger partial charge >= 0.3 is 5.97 Å². The van der Waals surface area contributed by atoms with Crippen LogP contribution in [0.2, 0.25) is 10.0 Å². The number of benzene rings is 5. The summed E-state index contributed by atoms with van der Waals surface area (Å²) in [5, 5.41) is 153. The summed E-state index contributed by atoms with van der Waals surface area (Å²) in [6.45, 7) is 3.16. The van der Waals surface area contributed by atoms with Crippen LogP contribution in [0.3, 0.4) is 0 Å². The van der Waals surface area contributed by atoms with E-state index in [1.54, 1.807) is 24.3 Å². The van der Waals surface area contributed by atoms with Crippen molar-refractivity contribution in [3.05, 3.63) is 170 Å². The summed E-state index contributed by atoms with van der Waals surface area (Å²) < 4.78 is 38.3. The molecule has 104 heavy (non-hydrogen) atoms. The van der Waals surface area contributed by atoms with E-state index in [0.717, 1.165) is 60.7 Å². The molecule has 2 saturated heterocycles. The van der Waals surface area contributed by atoms with Gasteiger partial charge in [-0.1, -0.05) is 66.2 Å². The maximum Gasteiger partial charge on any atom is 0.330 e. The fourth-order valence-electron chi connectivity index (χ4n) is 13.3. The monoisotopic (exact) mass is 1480 g/mol. The molecule has 0 spiro atoms. The number of carboxylic acids is 1. The number of halogens is 2. The molecule has 19 unspecified atom stereocenters. The highest BCUT2D eigenvalue weighted by atomic mass is 35.5. The number of nitrogens with two attached hydrogens (primary N) is 2. The van der Waals surface area contributed by atoms with Gasteiger partial charge in [0.25, 0.3) is 0 Å². The molecule has 0 radical (unpaired) electrons. The van der Waals surface area contributed by atoms with Gasteiger partial charge in [0.05, 0.1) is 40.8 Å². The Morgan fingerprint density at radius 1 is 0.702 bits per heavy atom. The molecule has 5 aromatic carbocycles. The number of aliphatic carboxylic acids is 1. The maximum absolute atomic E-state index is 16.0. The van der Waals surface area contributed by atoms with Crippen molar-refractivity contribution < 1.29 is 123 Å². The Kier molecular flexibility index (Phi) is 22.6. The molecule has 7 heterocycles. The van der Waals surface area contributed by atoms with Gasteiger partial charge in [-0.05, 0) is 107 Å². The van der Waals surface area contributed by atoms with E-state index in [4.69, 9.17) is 63.1 Å². The summed E-state index contributed by atoms with van der Waals surface area (Å²) in [4.78, 5) is 102. The van der Waals surface area contributed by atoms with Crippen molar-refractivity contribution in [2.45, 2.75) is 141 Å². The van der Waals surface area contributed by atoms with Crippen molar-refractivity contribution >= 4 is 64.6 Å².